The van der Waals surface area contributed by atoms with Gasteiger partial charge < -0.3 is 9.88 Å². The average molecular weight is 247 g/mol. The summed E-state index contributed by atoms with van der Waals surface area (Å²) in [7, 11) is 2.01. The molecule has 2 aromatic rings. The van der Waals surface area contributed by atoms with Crippen molar-refractivity contribution in [2.24, 2.45) is 7.05 Å². The van der Waals surface area contributed by atoms with Crippen molar-refractivity contribution in [3.8, 4) is 0 Å². The van der Waals surface area contributed by atoms with Crippen molar-refractivity contribution in [2.45, 2.75) is 33.4 Å². The minimum absolute atomic E-state index is 0.869. The number of nitrogens with one attached hydrogen (secondary N) is 1. The molecule has 0 aliphatic rings. The van der Waals surface area contributed by atoms with Gasteiger partial charge in [-0.15, -0.1) is 0 Å². The molecule has 0 unspecified atom stereocenters. The monoisotopic (exact) mass is 247 g/mol. The highest BCUT2D eigenvalue weighted by Crippen LogP contribution is 2.02. The zero-order valence-electron chi connectivity index (χ0n) is 11.3. The summed E-state index contributed by atoms with van der Waals surface area (Å²) in [6.45, 7) is 6.96. The van der Waals surface area contributed by atoms with Crippen molar-refractivity contribution < 1.29 is 0 Å². The number of hydrogen-bond acceptors (Lipinski definition) is 3. The zero-order valence-corrected chi connectivity index (χ0v) is 11.3. The lowest BCUT2D eigenvalue weighted by molar-refractivity contribution is 0.527. The number of hydrogen-bond donors (Lipinski definition) is 1. The molecule has 0 bridgehead atoms. The summed E-state index contributed by atoms with van der Waals surface area (Å²) in [6.07, 6.45) is 4.81. The topological polar surface area (TPSA) is 47.7 Å². The van der Waals surface area contributed by atoms with Gasteiger partial charge in [0.05, 0.1) is 17.7 Å². The van der Waals surface area contributed by atoms with Crippen LogP contribution in [-0.4, -0.2) is 25.9 Å². The van der Waals surface area contributed by atoms with E-state index in [1.165, 1.54) is 11.4 Å². The summed E-state index contributed by atoms with van der Waals surface area (Å²) >= 11 is 0. The molecule has 0 fully saturated rings. The minimum atomic E-state index is 0.869. The first-order chi connectivity index (χ1) is 8.66. The zero-order chi connectivity index (χ0) is 13.0. The highest BCUT2D eigenvalue weighted by atomic mass is 15.3. The maximum Gasteiger partial charge on any atom is 0.0945 e. The van der Waals surface area contributed by atoms with Crippen LogP contribution in [0.5, 0.6) is 0 Å². The Kier molecular flexibility index (Phi) is 4.15. The van der Waals surface area contributed by atoms with Gasteiger partial charge in [0, 0.05) is 32.0 Å². The molecule has 2 heterocycles. The third-order valence-corrected chi connectivity index (χ3v) is 3.05. The van der Waals surface area contributed by atoms with Crippen molar-refractivity contribution >= 4 is 0 Å². The van der Waals surface area contributed by atoms with Gasteiger partial charge in [-0.05, 0) is 32.9 Å². The molecule has 0 atom stereocenters. The van der Waals surface area contributed by atoms with E-state index in [0.717, 1.165) is 31.7 Å². The number of rotatable bonds is 6. The second-order valence-electron chi connectivity index (χ2n) is 4.68. The van der Waals surface area contributed by atoms with Gasteiger partial charge in [0.15, 0.2) is 0 Å². The van der Waals surface area contributed by atoms with Crippen LogP contribution in [0.2, 0.25) is 0 Å². The van der Waals surface area contributed by atoms with Crippen molar-refractivity contribution in [2.75, 3.05) is 6.54 Å². The SMILES string of the molecule is Cc1cc(C)n(CCCNCc2cncn2C)n1. The lowest BCUT2D eigenvalue weighted by atomic mass is 10.3. The predicted octanol–water partition coefficient (Wildman–Crippen LogP) is 1.41. The first kappa shape index (κ1) is 12.8. The largest absolute Gasteiger partial charge is 0.337 e. The molecule has 0 aliphatic heterocycles. The molecule has 0 aromatic carbocycles. The van der Waals surface area contributed by atoms with Crippen LogP contribution in [0.4, 0.5) is 0 Å². The summed E-state index contributed by atoms with van der Waals surface area (Å²) in [4.78, 5) is 4.09. The van der Waals surface area contributed by atoms with Crippen LogP contribution in [0.25, 0.3) is 0 Å². The minimum Gasteiger partial charge on any atom is -0.337 e. The van der Waals surface area contributed by atoms with Crippen LogP contribution in [0.15, 0.2) is 18.6 Å². The quantitative estimate of drug-likeness (QED) is 0.785. The summed E-state index contributed by atoms with van der Waals surface area (Å²) in [6, 6.07) is 2.11. The van der Waals surface area contributed by atoms with Gasteiger partial charge in [0.25, 0.3) is 0 Å². The second-order valence-corrected chi connectivity index (χ2v) is 4.68. The molecule has 0 aliphatic carbocycles. The predicted molar refractivity (Wildman–Crippen MR) is 71.2 cm³/mol. The fourth-order valence-corrected chi connectivity index (χ4v) is 2.03. The lowest BCUT2D eigenvalue weighted by Gasteiger charge is -2.06. The van der Waals surface area contributed by atoms with Crippen molar-refractivity contribution in [1.82, 2.24) is 24.6 Å². The highest BCUT2D eigenvalue weighted by Gasteiger charge is 2.00. The van der Waals surface area contributed by atoms with Gasteiger partial charge in [0.1, 0.15) is 0 Å². The Labute approximate surface area is 108 Å². The summed E-state index contributed by atoms with van der Waals surface area (Å²) < 4.78 is 4.11. The molecule has 0 amide bonds. The van der Waals surface area contributed by atoms with Crippen molar-refractivity contribution in [3.63, 3.8) is 0 Å². The molecule has 0 radical (unpaired) electrons. The normalized spacial score (nSPS) is 11.1. The van der Waals surface area contributed by atoms with E-state index in [9.17, 15) is 0 Å². The molecule has 2 aromatic heterocycles. The van der Waals surface area contributed by atoms with E-state index in [-0.39, 0.29) is 0 Å². The third kappa shape index (κ3) is 3.20. The Bertz CT molecular complexity index is 497. The molecule has 5 heteroatoms. The molecule has 0 spiro atoms. The summed E-state index contributed by atoms with van der Waals surface area (Å²) in [5.74, 6) is 0. The molecule has 0 saturated heterocycles. The maximum absolute atomic E-state index is 4.45. The molecule has 2 rings (SSSR count). The highest BCUT2D eigenvalue weighted by molar-refractivity contribution is 5.06. The van der Waals surface area contributed by atoms with E-state index in [1.54, 1.807) is 0 Å². The van der Waals surface area contributed by atoms with Gasteiger partial charge in [-0.2, -0.15) is 5.10 Å². The summed E-state index contributed by atoms with van der Waals surface area (Å²) in [5, 5.41) is 7.87. The molecule has 18 heavy (non-hydrogen) atoms. The van der Waals surface area contributed by atoms with Gasteiger partial charge in [-0.1, -0.05) is 0 Å². The van der Waals surface area contributed by atoms with Crippen molar-refractivity contribution in [3.05, 3.63) is 35.7 Å². The van der Waals surface area contributed by atoms with E-state index >= 15 is 0 Å². The standard InChI is InChI=1S/C13H21N5/c1-11-7-12(2)18(16-11)6-4-5-14-8-13-9-15-10-17(13)3/h7,9-10,14H,4-6,8H2,1-3H3. The molecule has 5 nitrogen and oxygen atoms in total. The Hall–Kier alpha value is -1.62. The van der Waals surface area contributed by atoms with Gasteiger partial charge in [-0.3, -0.25) is 4.68 Å². The number of aromatic nitrogens is 4. The Morgan fingerprint density at radius 1 is 1.33 bits per heavy atom. The van der Waals surface area contributed by atoms with Gasteiger partial charge in [-0.25, -0.2) is 4.98 Å². The van der Waals surface area contributed by atoms with Gasteiger partial charge in [0.2, 0.25) is 0 Å². The molecule has 0 saturated carbocycles. The van der Waals surface area contributed by atoms with E-state index in [1.807, 2.05) is 31.1 Å². The van der Waals surface area contributed by atoms with Crippen LogP contribution in [0.1, 0.15) is 23.5 Å². The average Bonchev–Trinajstić information content (AvgIpc) is 2.86. The molecule has 98 valence electrons. The van der Waals surface area contributed by atoms with Crippen LogP contribution >= 0.6 is 0 Å². The number of aryl methyl sites for hydroxylation is 4. The van der Waals surface area contributed by atoms with Crippen LogP contribution < -0.4 is 5.32 Å². The van der Waals surface area contributed by atoms with Crippen LogP contribution in [0.3, 0.4) is 0 Å². The first-order valence-corrected chi connectivity index (χ1v) is 6.34. The Morgan fingerprint density at radius 3 is 2.78 bits per heavy atom. The third-order valence-electron chi connectivity index (χ3n) is 3.05. The van der Waals surface area contributed by atoms with E-state index < -0.39 is 0 Å². The lowest BCUT2D eigenvalue weighted by Crippen LogP contribution is -2.18. The smallest absolute Gasteiger partial charge is 0.0945 e. The first-order valence-electron chi connectivity index (χ1n) is 6.34. The second kappa shape index (κ2) is 5.82. The number of imidazole rings is 1. The number of nitrogens with zero attached hydrogens (tertiary/aromatic N) is 4. The van der Waals surface area contributed by atoms with Crippen LogP contribution in [0, 0.1) is 13.8 Å². The van der Waals surface area contributed by atoms with E-state index in [0.29, 0.717) is 0 Å². The molecule has 1 N–H and O–H groups in total. The Balaban J connectivity index is 1.67. The fraction of sp³-hybridized carbons (Fsp3) is 0.538. The van der Waals surface area contributed by atoms with E-state index in [4.69, 9.17) is 0 Å². The van der Waals surface area contributed by atoms with E-state index in [2.05, 4.69) is 33.1 Å². The van der Waals surface area contributed by atoms with Crippen LogP contribution in [-0.2, 0) is 20.1 Å². The molecular formula is C13H21N5. The van der Waals surface area contributed by atoms with Gasteiger partial charge >= 0.3 is 0 Å². The summed E-state index contributed by atoms with van der Waals surface area (Å²) in [5.41, 5.74) is 3.54. The van der Waals surface area contributed by atoms with Crippen molar-refractivity contribution in [1.29, 1.82) is 0 Å². The maximum atomic E-state index is 4.45. The fourth-order valence-electron chi connectivity index (χ4n) is 2.03. The Morgan fingerprint density at radius 2 is 2.17 bits per heavy atom. The molecular weight excluding hydrogens is 226 g/mol.